The lowest BCUT2D eigenvalue weighted by Gasteiger charge is -2.35. The van der Waals surface area contributed by atoms with E-state index in [0.717, 1.165) is 18.7 Å². The van der Waals surface area contributed by atoms with Gasteiger partial charge in [0, 0.05) is 37.8 Å². The molecule has 0 aliphatic carbocycles. The molecular weight excluding hydrogens is 406 g/mol. The van der Waals surface area contributed by atoms with Gasteiger partial charge in [0.25, 0.3) is 5.91 Å². The first-order chi connectivity index (χ1) is 15.0. The summed E-state index contributed by atoms with van der Waals surface area (Å²) in [5.74, 6) is -0.275. The second-order valence-electron chi connectivity index (χ2n) is 7.42. The van der Waals surface area contributed by atoms with Crippen LogP contribution in [0.25, 0.3) is 0 Å². The van der Waals surface area contributed by atoms with Crippen LogP contribution in [0, 0.1) is 0 Å². The van der Waals surface area contributed by atoms with Crippen LogP contribution in [0.3, 0.4) is 0 Å². The predicted molar refractivity (Wildman–Crippen MR) is 113 cm³/mol. The van der Waals surface area contributed by atoms with Crippen LogP contribution in [0.1, 0.15) is 22.8 Å². The number of alkyl halides is 2. The zero-order chi connectivity index (χ0) is 22.2. The van der Waals surface area contributed by atoms with Crippen molar-refractivity contribution in [3.8, 4) is 11.5 Å². The van der Waals surface area contributed by atoms with Gasteiger partial charge < -0.3 is 19.1 Å². The number of hydrogen-bond donors (Lipinski definition) is 0. The summed E-state index contributed by atoms with van der Waals surface area (Å²) in [5, 5.41) is 0. The number of carbonyl (C=O) groups excluding carboxylic acids is 1. The molecule has 6 nitrogen and oxygen atoms in total. The van der Waals surface area contributed by atoms with E-state index in [0.29, 0.717) is 26.3 Å². The highest BCUT2D eigenvalue weighted by Gasteiger charge is 2.26. The van der Waals surface area contributed by atoms with Gasteiger partial charge in [0.05, 0.1) is 20.3 Å². The molecule has 1 heterocycles. The van der Waals surface area contributed by atoms with Crippen molar-refractivity contribution in [2.24, 2.45) is 0 Å². The highest BCUT2D eigenvalue weighted by molar-refractivity contribution is 5.95. The molecule has 0 N–H and O–H groups in total. The molecular formula is C23H28F2N2O4. The molecule has 0 saturated carbocycles. The Morgan fingerprint density at radius 1 is 1.13 bits per heavy atom. The number of benzene rings is 2. The number of methoxy groups -OCH3 is 1. The first-order valence-electron chi connectivity index (χ1n) is 10.3. The van der Waals surface area contributed by atoms with Crippen molar-refractivity contribution in [1.82, 2.24) is 9.80 Å². The summed E-state index contributed by atoms with van der Waals surface area (Å²) in [6.07, 6.45) is 0. The van der Waals surface area contributed by atoms with Gasteiger partial charge in [-0.05, 0) is 30.7 Å². The van der Waals surface area contributed by atoms with Crippen LogP contribution in [0.5, 0.6) is 11.5 Å². The van der Waals surface area contributed by atoms with Crippen LogP contribution in [0.2, 0.25) is 0 Å². The Bertz CT molecular complexity index is 845. The summed E-state index contributed by atoms with van der Waals surface area (Å²) in [4.78, 5) is 17.5. The second kappa shape index (κ2) is 11.1. The molecule has 2 aromatic rings. The third-order valence-electron chi connectivity index (χ3n) is 5.24. The van der Waals surface area contributed by atoms with Crippen molar-refractivity contribution in [3.63, 3.8) is 0 Å². The number of amides is 1. The van der Waals surface area contributed by atoms with Crippen molar-refractivity contribution in [2.45, 2.75) is 26.1 Å². The van der Waals surface area contributed by atoms with Crippen molar-refractivity contribution >= 4 is 5.91 Å². The molecule has 0 bridgehead atoms. The molecule has 0 spiro atoms. The molecule has 1 aliphatic rings. The Balaban J connectivity index is 1.85. The molecule has 1 atom stereocenters. The fourth-order valence-corrected chi connectivity index (χ4v) is 3.63. The summed E-state index contributed by atoms with van der Waals surface area (Å²) >= 11 is 0. The highest BCUT2D eigenvalue weighted by Crippen LogP contribution is 2.30. The van der Waals surface area contributed by atoms with Crippen LogP contribution < -0.4 is 9.47 Å². The lowest BCUT2D eigenvalue weighted by Crippen LogP contribution is -2.48. The van der Waals surface area contributed by atoms with Gasteiger partial charge in [0.15, 0.2) is 11.5 Å². The van der Waals surface area contributed by atoms with E-state index in [-0.39, 0.29) is 29.0 Å². The summed E-state index contributed by atoms with van der Waals surface area (Å²) in [7, 11) is 1.36. The van der Waals surface area contributed by atoms with E-state index in [1.54, 1.807) is 11.0 Å². The van der Waals surface area contributed by atoms with Gasteiger partial charge in [0.1, 0.15) is 0 Å². The smallest absolute Gasteiger partial charge is 0.387 e. The maximum absolute atomic E-state index is 13.5. The summed E-state index contributed by atoms with van der Waals surface area (Å²) in [5.41, 5.74) is 1.25. The van der Waals surface area contributed by atoms with Gasteiger partial charge in [0.2, 0.25) is 0 Å². The van der Waals surface area contributed by atoms with Crippen LogP contribution in [-0.4, -0.2) is 68.3 Å². The highest BCUT2D eigenvalue weighted by atomic mass is 19.3. The Hall–Kier alpha value is -2.71. The molecule has 1 saturated heterocycles. The van der Waals surface area contributed by atoms with Gasteiger partial charge in [-0.25, -0.2) is 0 Å². The van der Waals surface area contributed by atoms with E-state index in [4.69, 9.17) is 9.47 Å². The molecule has 3 rings (SSSR count). The van der Waals surface area contributed by atoms with Crippen LogP contribution in [0.4, 0.5) is 8.78 Å². The average molecular weight is 434 g/mol. The van der Waals surface area contributed by atoms with E-state index in [9.17, 15) is 13.6 Å². The predicted octanol–water partition coefficient (Wildman–Crippen LogP) is 3.66. The van der Waals surface area contributed by atoms with Gasteiger partial charge in [-0.15, -0.1) is 0 Å². The number of ether oxygens (including phenoxy) is 3. The lowest BCUT2D eigenvalue weighted by atomic mass is 10.1. The van der Waals surface area contributed by atoms with E-state index in [1.807, 2.05) is 37.3 Å². The first-order valence-corrected chi connectivity index (χ1v) is 10.3. The van der Waals surface area contributed by atoms with Gasteiger partial charge >= 0.3 is 6.61 Å². The van der Waals surface area contributed by atoms with Crippen molar-refractivity contribution < 1.29 is 27.8 Å². The zero-order valence-electron chi connectivity index (χ0n) is 17.8. The third kappa shape index (κ3) is 6.38. The molecule has 1 amide bonds. The Morgan fingerprint density at radius 2 is 1.84 bits per heavy atom. The normalized spacial score (nSPS) is 15.5. The van der Waals surface area contributed by atoms with E-state index < -0.39 is 6.61 Å². The minimum atomic E-state index is -3.01. The molecule has 2 aromatic carbocycles. The van der Waals surface area contributed by atoms with E-state index >= 15 is 0 Å². The standard InChI is InChI=1S/C23H28F2N2O4/c1-17(15-26-10-12-30-13-11-26)27(16-18-6-4-3-5-7-18)22(28)19-8-9-20(29-2)21(14-19)31-23(24)25/h3-9,14,17,23H,10-13,15-16H2,1-2H3. The number of carbonyl (C=O) groups is 1. The third-order valence-corrected chi connectivity index (χ3v) is 5.24. The fourth-order valence-electron chi connectivity index (χ4n) is 3.63. The summed E-state index contributed by atoms with van der Waals surface area (Å²) in [6, 6.07) is 13.9. The Morgan fingerprint density at radius 3 is 2.48 bits per heavy atom. The first kappa shape index (κ1) is 23.0. The Labute approximate surface area is 181 Å². The van der Waals surface area contributed by atoms with Crippen molar-refractivity contribution in [1.29, 1.82) is 0 Å². The molecule has 8 heteroatoms. The number of morpholine rings is 1. The molecule has 1 aliphatic heterocycles. The van der Waals surface area contributed by atoms with E-state index in [2.05, 4.69) is 9.64 Å². The molecule has 0 radical (unpaired) electrons. The Kier molecular flexibility index (Phi) is 8.20. The quantitative estimate of drug-likeness (QED) is 0.603. The van der Waals surface area contributed by atoms with Crippen molar-refractivity contribution in [2.75, 3.05) is 40.0 Å². The van der Waals surface area contributed by atoms with Gasteiger partial charge in [-0.1, -0.05) is 30.3 Å². The molecule has 1 fully saturated rings. The molecule has 31 heavy (non-hydrogen) atoms. The number of nitrogens with zero attached hydrogens (tertiary/aromatic N) is 2. The maximum Gasteiger partial charge on any atom is 0.387 e. The molecule has 1 unspecified atom stereocenters. The fraction of sp³-hybridized carbons (Fsp3) is 0.435. The molecule has 168 valence electrons. The second-order valence-corrected chi connectivity index (χ2v) is 7.42. The minimum absolute atomic E-state index is 0.104. The average Bonchev–Trinajstić information content (AvgIpc) is 2.78. The topological polar surface area (TPSA) is 51.2 Å². The minimum Gasteiger partial charge on any atom is -0.493 e. The number of halogens is 2. The SMILES string of the molecule is COc1ccc(C(=O)N(Cc2ccccc2)C(C)CN2CCOCC2)cc1OC(F)F. The summed E-state index contributed by atoms with van der Waals surface area (Å²) in [6.45, 7) is 3.05. The zero-order valence-corrected chi connectivity index (χ0v) is 17.8. The van der Waals surface area contributed by atoms with Gasteiger partial charge in [-0.3, -0.25) is 9.69 Å². The summed E-state index contributed by atoms with van der Waals surface area (Å²) < 4.78 is 40.7. The van der Waals surface area contributed by atoms with Crippen molar-refractivity contribution in [3.05, 3.63) is 59.7 Å². The van der Waals surface area contributed by atoms with Gasteiger partial charge in [-0.2, -0.15) is 8.78 Å². The van der Waals surface area contributed by atoms with Crippen LogP contribution in [-0.2, 0) is 11.3 Å². The van der Waals surface area contributed by atoms with Crippen LogP contribution in [0.15, 0.2) is 48.5 Å². The van der Waals surface area contributed by atoms with E-state index in [1.165, 1.54) is 19.2 Å². The lowest BCUT2D eigenvalue weighted by molar-refractivity contribution is -0.0512. The number of rotatable bonds is 9. The maximum atomic E-state index is 13.5. The monoisotopic (exact) mass is 434 g/mol. The number of hydrogen-bond acceptors (Lipinski definition) is 5. The molecule has 0 aromatic heterocycles. The van der Waals surface area contributed by atoms with Crippen LogP contribution >= 0.6 is 0 Å². The largest absolute Gasteiger partial charge is 0.493 e.